The van der Waals surface area contributed by atoms with Crippen LogP contribution in [-0.4, -0.2) is 53.0 Å². The molecule has 1 aromatic carbocycles. The highest BCUT2D eigenvalue weighted by Gasteiger charge is 2.38. The van der Waals surface area contributed by atoms with Gasteiger partial charge in [0.15, 0.2) is 0 Å². The second kappa shape index (κ2) is 9.10. The molecule has 2 aromatic rings. The summed E-state index contributed by atoms with van der Waals surface area (Å²) in [4.78, 5) is 31.0. The number of hydrogen-bond donors (Lipinski definition) is 1. The van der Waals surface area contributed by atoms with Crippen LogP contribution in [0.5, 0.6) is 5.75 Å². The Morgan fingerprint density at radius 2 is 2.06 bits per heavy atom. The van der Waals surface area contributed by atoms with Crippen molar-refractivity contribution in [2.45, 2.75) is 57.7 Å². The van der Waals surface area contributed by atoms with E-state index in [1.807, 2.05) is 37.1 Å². The maximum absolute atomic E-state index is 13.6. The first kappa shape index (κ1) is 22.6. The van der Waals surface area contributed by atoms with Gasteiger partial charge in [0.05, 0.1) is 6.04 Å². The lowest BCUT2D eigenvalue weighted by molar-refractivity contribution is -0.135. The van der Waals surface area contributed by atoms with E-state index < -0.39 is 0 Å². The van der Waals surface area contributed by atoms with E-state index in [1.54, 1.807) is 28.4 Å². The molecule has 1 aromatic heterocycles. The van der Waals surface area contributed by atoms with Crippen molar-refractivity contribution < 1.29 is 18.7 Å². The average Bonchev–Trinajstić information content (AvgIpc) is 3.44. The third-order valence-corrected chi connectivity index (χ3v) is 6.65. The van der Waals surface area contributed by atoms with Crippen LogP contribution in [0.3, 0.4) is 0 Å². The minimum Gasteiger partial charge on any atom is -0.491 e. The van der Waals surface area contributed by atoms with Crippen molar-refractivity contribution in [3.63, 3.8) is 0 Å². The van der Waals surface area contributed by atoms with Crippen LogP contribution in [0.4, 0.5) is 9.18 Å². The van der Waals surface area contributed by atoms with Gasteiger partial charge in [0, 0.05) is 29.1 Å². The van der Waals surface area contributed by atoms with E-state index >= 15 is 0 Å². The highest BCUT2D eigenvalue weighted by Crippen LogP contribution is 2.35. The Bertz CT molecular complexity index is 983. The Hall–Kier alpha value is -2.61. The molecule has 8 heteroatoms. The molecular formula is C24H30FN3O3S. The van der Waals surface area contributed by atoms with E-state index in [1.165, 1.54) is 17.0 Å². The molecular weight excluding hydrogens is 429 g/mol. The number of fused-ring (bicyclic) bond motifs is 1. The largest absolute Gasteiger partial charge is 0.491 e. The predicted molar refractivity (Wildman–Crippen MR) is 122 cm³/mol. The Balaban J connectivity index is 1.49. The number of nitrogens with one attached hydrogen (secondary N) is 1. The summed E-state index contributed by atoms with van der Waals surface area (Å²) < 4.78 is 19.4. The van der Waals surface area contributed by atoms with E-state index in [2.05, 4.69) is 5.32 Å². The molecule has 32 heavy (non-hydrogen) atoms. The second-order valence-electron chi connectivity index (χ2n) is 9.46. The van der Waals surface area contributed by atoms with E-state index in [9.17, 15) is 14.0 Å². The lowest BCUT2D eigenvalue weighted by Gasteiger charge is -2.37. The van der Waals surface area contributed by atoms with Gasteiger partial charge in [-0.1, -0.05) is 6.07 Å². The first-order chi connectivity index (χ1) is 15.2. The normalized spacial score (nSPS) is 18.1. The zero-order valence-corrected chi connectivity index (χ0v) is 19.6. The lowest BCUT2D eigenvalue weighted by atomic mass is 10.0. The van der Waals surface area contributed by atoms with Crippen molar-refractivity contribution in [3.8, 4) is 5.75 Å². The summed E-state index contributed by atoms with van der Waals surface area (Å²) in [6, 6.07) is 7.70. The van der Waals surface area contributed by atoms with Crippen LogP contribution in [0.25, 0.3) is 0 Å². The van der Waals surface area contributed by atoms with Crippen LogP contribution in [0.2, 0.25) is 0 Å². The second-order valence-corrected chi connectivity index (χ2v) is 10.5. The monoisotopic (exact) mass is 459 g/mol. The number of carbonyl (C=O) groups is 2. The number of urea groups is 1. The number of carbonyl (C=O) groups excluding carboxylic acids is 2. The molecule has 1 atom stereocenters. The number of thiophene rings is 1. The summed E-state index contributed by atoms with van der Waals surface area (Å²) in [6.07, 6.45) is 2.63. The summed E-state index contributed by atoms with van der Waals surface area (Å²) in [7, 11) is 0. The smallest absolute Gasteiger partial charge is 0.318 e. The maximum Gasteiger partial charge on any atom is 0.318 e. The van der Waals surface area contributed by atoms with E-state index in [0.29, 0.717) is 12.3 Å². The SMILES string of the molecule is CC(C)(C)NC(=O)N(CC(=O)N1CCc2sccc2[C@H]1COc1cccc(F)c1)C1CC1. The average molecular weight is 460 g/mol. The molecule has 1 saturated carbocycles. The molecule has 1 aliphatic carbocycles. The van der Waals surface area contributed by atoms with Crippen LogP contribution in [-0.2, 0) is 11.2 Å². The number of ether oxygens (including phenoxy) is 1. The zero-order chi connectivity index (χ0) is 22.9. The van der Waals surface area contributed by atoms with Gasteiger partial charge in [0.25, 0.3) is 0 Å². The number of amides is 3. The molecule has 0 unspecified atom stereocenters. The summed E-state index contributed by atoms with van der Waals surface area (Å²) in [6.45, 7) is 6.64. The Morgan fingerprint density at radius 3 is 2.75 bits per heavy atom. The molecule has 1 aliphatic heterocycles. The minimum atomic E-state index is -0.370. The topological polar surface area (TPSA) is 61.9 Å². The lowest BCUT2D eigenvalue weighted by Crippen LogP contribution is -2.53. The molecule has 2 heterocycles. The van der Waals surface area contributed by atoms with Gasteiger partial charge >= 0.3 is 6.03 Å². The molecule has 0 spiro atoms. The number of rotatable bonds is 6. The highest BCUT2D eigenvalue weighted by atomic mass is 32.1. The van der Waals surface area contributed by atoms with Crippen molar-refractivity contribution in [3.05, 3.63) is 52.0 Å². The number of benzene rings is 1. The van der Waals surface area contributed by atoms with E-state index in [-0.39, 0.29) is 48.5 Å². The summed E-state index contributed by atoms with van der Waals surface area (Å²) in [5, 5.41) is 5.01. The van der Waals surface area contributed by atoms with E-state index in [4.69, 9.17) is 4.74 Å². The van der Waals surface area contributed by atoms with Crippen LogP contribution < -0.4 is 10.1 Å². The number of hydrogen-bond acceptors (Lipinski definition) is 4. The molecule has 1 N–H and O–H groups in total. The molecule has 0 saturated heterocycles. The van der Waals surface area contributed by atoms with Crippen LogP contribution in [0.1, 0.15) is 50.1 Å². The van der Waals surface area contributed by atoms with Crippen molar-refractivity contribution in [1.82, 2.24) is 15.1 Å². The van der Waals surface area contributed by atoms with Gasteiger partial charge in [-0.3, -0.25) is 4.79 Å². The van der Waals surface area contributed by atoms with Gasteiger partial charge in [-0.2, -0.15) is 0 Å². The highest BCUT2D eigenvalue weighted by molar-refractivity contribution is 7.10. The quantitative estimate of drug-likeness (QED) is 0.698. The fourth-order valence-corrected chi connectivity index (χ4v) is 4.92. The first-order valence-electron chi connectivity index (χ1n) is 11.0. The molecule has 6 nitrogen and oxygen atoms in total. The van der Waals surface area contributed by atoms with Crippen LogP contribution >= 0.6 is 11.3 Å². The van der Waals surface area contributed by atoms with Crippen LogP contribution in [0, 0.1) is 5.82 Å². The summed E-state index contributed by atoms with van der Waals surface area (Å²) >= 11 is 1.68. The number of halogens is 1. The molecule has 4 rings (SSSR count). The molecule has 0 radical (unpaired) electrons. The van der Waals surface area contributed by atoms with Gasteiger partial charge in [0.2, 0.25) is 5.91 Å². The minimum absolute atomic E-state index is 0.0442. The van der Waals surface area contributed by atoms with Gasteiger partial charge in [0.1, 0.15) is 24.7 Å². The van der Waals surface area contributed by atoms with Gasteiger partial charge in [-0.15, -0.1) is 11.3 Å². The number of nitrogens with zero attached hydrogens (tertiary/aromatic N) is 2. The van der Waals surface area contributed by atoms with Gasteiger partial charge in [-0.05, 0) is 69.2 Å². The van der Waals surface area contributed by atoms with Crippen LogP contribution in [0.15, 0.2) is 35.7 Å². The van der Waals surface area contributed by atoms with Gasteiger partial charge < -0.3 is 19.9 Å². The Labute approximate surface area is 192 Å². The predicted octanol–water partition coefficient (Wildman–Crippen LogP) is 4.36. The summed E-state index contributed by atoms with van der Waals surface area (Å²) in [5.74, 6) is -0.0187. The fraction of sp³-hybridized carbons (Fsp3) is 0.500. The van der Waals surface area contributed by atoms with Gasteiger partial charge in [-0.25, -0.2) is 9.18 Å². The maximum atomic E-state index is 13.6. The molecule has 1 fully saturated rings. The van der Waals surface area contributed by atoms with Crippen molar-refractivity contribution in [2.75, 3.05) is 19.7 Å². The fourth-order valence-electron chi connectivity index (χ4n) is 3.99. The molecule has 2 aliphatic rings. The van der Waals surface area contributed by atoms with E-state index in [0.717, 1.165) is 24.8 Å². The summed E-state index contributed by atoms with van der Waals surface area (Å²) in [5.41, 5.74) is 0.703. The zero-order valence-electron chi connectivity index (χ0n) is 18.8. The van der Waals surface area contributed by atoms with Crippen molar-refractivity contribution in [2.24, 2.45) is 0 Å². The first-order valence-corrected chi connectivity index (χ1v) is 11.9. The third kappa shape index (κ3) is 5.41. The molecule has 0 bridgehead atoms. The standard InChI is InChI=1S/C24H30FN3O3S/c1-24(2,3)26-23(30)28(17-7-8-17)14-22(29)27-11-9-21-19(10-12-32-21)20(27)15-31-18-6-4-5-16(25)13-18/h4-6,10,12-13,17,20H,7-9,11,14-15H2,1-3H3,(H,26,30)/t20-/m1/s1. The molecule has 3 amide bonds. The third-order valence-electron chi connectivity index (χ3n) is 5.66. The Morgan fingerprint density at radius 1 is 1.28 bits per heavy atom. The molecule has 172 valence electrons. The Kier molecular flexibility index (Phi) is 6.42. The van der Waals surface area contributed by atoms with Crippen molar-refractivity contribution in [1.29, 1.82) is 0 Å². The van der Waals surface area contributed by atoms with Crippen molar-refractivity contribution >= 4 is 23.3 Å².